The Kier molecular flexibility index (Phi) is 2.78. The number of hydrogen-bond donors (Lipinski definition) is 0. The molecule has 5 heteroatoms. The van der Waals surface area contributed by atoms with E-state index in [0.717, 1.165) is 16.6 Å². The molecule has 0 atom stereocenters. The zero-order chi connectivity index (χ0) is 16.1. The highest BCUT2D eigenvalue weighted by Crippen LogP contribution is 2.22. The molecule has 4 rings (SSSR count). The summed E-state index contributed by atoms with van der Waals surface area (Å²) in [5, 5.41) is 0. The molecule has 1 aromatic heterocycles. The number of benzene rings is 2. The normalized spacial score (nSPS) is 13.7. The summed E-state index contributed by atoms with van der Waals surface area (Å²) in [6.45, 7) is 1.97. The third-order valence-corrected chi connectivity index (χ3v) is 4.16. The second kappa shape index (κ2) is 4.71. The lowest BCUT2D eigenvalue weighted by atomic mass is 10.2. The molecular weight excluding hydrogens is 290 g/mol. The lowest BCUT2D eigenvalue weighted by Gasteiger charge is -2.04. The maximum atomic E-state index is 12.9. The summed E-state index contributed by atoms with van der Waals surface area (Å²) in [7, 11) is 1.87. The Morgan fingerprint density at radius 2 is 1.57 bits per heavy atom. The van der Waals surface area contributed by atoms with E-state index in [9.17, 15) is 9.59 Å². The summed E-state index contributed by atoms with van der Waals surface area (Å²) >= 11 is 0. The average molecular weight is 305 g/mol. The molecule has 1 aliphatic rings. The van der Waals surface area contributed by atoms with Gasteiger partial charge in [-0.05, 0) is 25.1 Å². The first kappa shape index (κ1) is 13.6. The van der Waals surface area contributed by atoms with Gasteiger partial charge in [0.05, 0.1) is 0 Å². The minimum atomic E-state index is -0.342. The van der Waals surface area contributed by atoms with Crippen molar-refractivity contribution in [1.29, 1.82) is 0 Å². The summed E-state index contributed by atoms with van der Waals surface area (Å²) in [5.41, 5.74) is 3.65. The van der Waals surface area contributed by atoms with Gasteiger partial charge in [0.2, 0.25) is 11.7 Å². The third kappa shape index (κ3) is 1.86. The Bertz CT molecular complexity index is 977. The van der Waals surface area contributed by atoms with Crippen LogP contribution in [0.4, 0.5) is 10.5 Å². The molecule has 5 nitrogen and oxygen atoms in total. The second-order valence-electron chi connectivity index (χ2n) is 5.71. The summed E-state index contributed by atoms with van der Waals surface area (Å²) in [6, 6.07) is 14.6. The van der Waals surface area contributed by atoms with Gasteiger partial charge in [-0.15, -0.1) is 9.47 Å². The fourth-order valence-corrected chi connectivity index (χ4v) is 2.97. The molecule has 0 spiro atoms. The van der Waals surface area contributed by atoms with E-state index in [1.807, 2.05) is 54.9 Å². The van der Waals surface area contributed by atoms with Crippen LogP contribution in [-0.4, -0.2) is 11.9 Å². The van der Waals surface area contributed by atoms with Gasteiger partial charge in [-0.1, -0.05) is 29.8 Å². The van der Waals surface area contributed by atoms with Gasteiger partial charge >= 0.3 is 11.9 Å². The van der Waals surface area contributed by atoms with Gasteiger partial charge in [-0.25, -0.2) is 4.79 Å². The van der Waals surface area contributed by atoms with E-state index in [1.165, 1.54) is 9.47 Å². The summed E-state index contributed by atoms with van der Waals surface area (Å²) in [4.78, 5) is 26.9. The molecule has 0 radical (unpaired) electrons. The Labute approximate surface area is 133 Å². The van der Waals surface area contributed by atoms with Gasteiger partial charge < -0.3 is 0 Å². The minimum Gasteiger partial charge on any atom is -0.236 e. The number of hydrogen-bond acceptors (Lipinski definition) is 2. The van der Waals surface area contributed by atoms with E-state index in [4.69, 9.17) is 0 Å². The number of carbonyl (C=O) groups excluding carboxylic acids is 2. The largest absolute Gasteiger partial charge is 0.512 e. The van der Waals surface area contributed by atoms with Crippen LogP contribution in [0.2, 0.25) is 0 Å². The molecule has 2 heterocycles. The SMILES string of the molecule is Cc1ccc(N2C(=O)c3c[n+](C)c4ccccc4[n+]3C2=O)cc1. The van der Waals surface area contributed by atoms with Crippen molar-refractivity contribution in [3.05, 3.63) is 66.0 Å². The highest BCUT2D eigenvalue weighted by atomic mass is 16.2. The Morgan fingerprint density at radius 3 is 2.26 bits per heavy atom. The lowest BCUT2D eigenvalue weighted by molar-refractivity contribution is -0.664. The van der Waals surface area contributed by atoms with E-state index < -0.39 is 0 Å². The number of fused-ring (bicyclic) bond motifs is 3. The molecule has 112 valence electrons. The maximum Gasteiger partial charge on any atom is 0.512 e. The van der Waals surface area contributed by atoms with Crippen molar-refractivity contribution >= 4 is 28.7 Å². The van der Waals surface area contributed by atoms with Crippen LogP contribution in [-0.2, 0) is 7.05 Å². The molecule has 0 saturated heterocycles. The van der Waals surface area contributed by atoms with Crippen LogP contribution in [0.1, 0.15) is 16.1 Å². The molecule has 2 aromatic carbocycles. The first-order valence-corrected chi connectivity index (χ1v) is 7.37. The Morgan fingerprint density at radius 1 is 0.913 bits per heavy atom. The number of carbonyl (C=O) groups is 2. The molecular formula is C18H15N3O2+2. The number of anilines is 1. The predicted octanol–water partition coefficient (Wildman–Crippen LogP) is 1.89. The smallest absolute Gasteiger partial charge is 0.236 e. The van der Waals surface area contributed by atoms with Gasteiger partial charge in [0.15, 0.2) is 0 Å². The van der Waals surface area contributed by atoms with E-state index in [-0.39, 0.29) is 11.9 Å². The fraction of sp³-hybridized carbons (Fsp3) is 0.111. The summed E-state index contributed by atoms with van der Waals surface area (Å²) < 4.78 is 3.35. The number of imide groups is 1. The van der Waals surface area contributed by atoms with Crippen molar-refractivity contribution in [3.8, 4) is 0 Å². The molecule has 3 aromatic rings. The number of aryl methyl sites for hydroxylation is 2. The number of rotatable bonds is 1. The van der Waals surface area contributed by atoms with E-state index in [0.29, 0.717) is 11.4 Å². The number of aromatic nitrogens is 2. The van der Waals surface area contributed by atoms with Crippen molar-refractivity contribution in [2.45, 2.75) is 6.92 Å². The first-order valence-electron chi connectivity index (χ1n) is 7.37. The highest BCUT2D eigenvalue weighted by molar-refractivity contribution is 6.21. The molecule has 0 unspecified atom stereocenters. The van der Waals surface area contributed by atoms with E-state index in [1.54, 1.807) is 18.3 Å². The standard InChI is InChI=1S/C18H15N3O2/c1-12-7-9-13(10-8-12)20-17(22)16-11-19(2)14-5-3-4-6-15(14)21(16)18(20)23/h3-11H,1-2H3/q+2. The van der Waals surface area contributed by atoms with Gasteiger partial charge in [0.25, 0.3) is 11.2 Å². The second-order valence-corrected chi connectivity index (χ2v) is 5.71. The number of para-hydroxylation sites is 2. The van der Waals surface area contributed by atoms with Gasteiger partial charge in [-0.3, -0.25) is 0 Å². The monoisotopic (exact) mass is 305 g/mol. The summed E-state index contributed by atoms with van der Waals surface area (Å²) in [5.74, 6) is -0.305. The minimum absolute atomic E-state index is 0.305. The van der Waals surface area contributed by atoms with E-state index >= 15 is 0 Å². The fourth-order valence-electron chi connectivity index (χ4n) is 2.97. The highest BCUT2D eigenvalue weighted by Gasteiger charge is 2.50. The third-order valence-electron chi connectivity index (χ3n) is 4.16. The zero-order valence-corrected chi connectivity index (χ0v) is 12.9. The van der Waals surface area contributed by atoms with Crippen LogP contribution in [0.3, 0.4) is 0 Å². The molecule has 0 bridgehead atoms. The maximum absolute atomic E-state index is 12.9. The molecule has 2 amide bonds. The van der Waals surface area contributed by atoms with Crippen molar-refractivity contribution in [2.75, 3.05) is 4.90 Å². The van der Waals surface area contributed by atoms with Gasteiger partial charge in [0, 0.05) is 6.07 Å². The van der Waals surface area contributed by atoms with Crippen LogP contribution in [0, 0.1) is 6.92 Å². The molecule has 0 fully saturated rings. The van der Waals surface area contributed by atoms with Gasteiger partial charge in [0.1, 0.15) is 12.7 Å². The molecule has 1 aliphatic heterocycles. The molecule has 0 N–H and O–H groups in total. The molecule has 0 aliphatic carbocycles. The van der Waals surface area contributed by atoms with Crippen LogP contribution in [0.5, 0.6) is 0 Å². The lowest BCUT2D eigenvalue weighted by Crippen LogP contribution is -2.49. The van der Waals surface area contributed by atoms with Crippen molar-refractivity contribution in [2.24, 2.45) is 7.05 Å². The Balaban J connectivity index is 1.96. The summed E-state index contributed by atoms with van der Waals surface area (Å²) in [6.07, 6.45) is 1.71. The molecule has 0 saturated carbocycles. The number of nitrogens with zero attached hydrogens (tertiary/aromatic N) is 3. The van der Waals surface area contributed by atoms with E-state index in [2.05, 4.69) is 0 Å². The average Bonchev–Trinajstić information content (AvgIpc) is 2.80. The van der Waals surface area contributed by atoms with Crippen molar-refractivity contribution < 1.29 is 18.7 Å². The zero-order valence-electron chi connectivity index (χ0n) is 12.9. The van der Waals surface area contributed by atoms with Crippen LogP contribution < -0.4 is 14.0 Å². The van der Waals surface area contributed by atoms with Gasteiger partial charge in [-0.2, -0.15) is 9.36 Å². The quantitative estimate of drug-likeness (QED) is 0.645. The van der Waals surface area contributed by atoms with Crippen molar-refractivity contribution in [1.82, 2.24) is 0 Å². The van der Waals surface area contributed by atoms with Crippen LogP contribution >= 0.6 is 0 Å². The van der Waals surface area contributed by atoms with Crippen LogP contribution in [0.25, 0.3) is 11.0 Å². The Hall–Kier alpha value is -3.08. The van der Waals surface area contributed by atoms with Crippen molar-refractivity contribution in [3.63, 3.8) is 0 Å². The van der Waals surface area contributed by atoms with Crippen LogP contribution in [0.15, 0.2) is 54.7 Å². The molecule has 23 heavy (non-hydrogen) atoms. The topological polar surface area (TPSA) is 45.1 Å². The first-order chi connectivity index (χ1) is 11.1. The number of amides is 2. The predicted molar refractivity (Wildman–Crippen MR) is 84.1 cm³/mol.